The third kappa shape index (κ3) is 3.34. The molecule has 4 rings (SSSR count). The molecule has 1 unspecified atom stereocenters. The van der Waals surface area contributed by atoms with Gasteiger partial charge in [-0.3, -0.25) is 0 Å². The van der Waals surface area contributed by atoms with E-state index in [1.165, 1.54) is 0 Å². The number of fused-ring (bicyclic) bond motifs is 1. The van der Waals surface area contributed by atoms with E-state index in [4.69, 9.17) is 25.4 Å². The normalized spacial score (nSPS) is 16.0. The predicted molar refractivity (Wildman–Crippen MR) is 106 cm³/mol. The van der Waals surface area contributed by atoms with Crippen molar-refractivity contribution in [3.05, 3.63) is 17.1 Å². The van der Waals surface area contributed by atoms with Crippen LogP contribution in [0.3, 0.4) is 0 Å². The largest absolute Gasteiger partial charge is 0.378 e. The van der Waals surface area contributed by atoms with Gasteiger partial charge in [-0.15, -0.1) is 0 Å². The third-order valence-corrected chi connectivity index (χ3v) is 5.32. The molecule has 0 radical (unpaired) electrons. The molecule has 27 heavy (non-hydrogen) atoms. The fraction of sp³-hybridized carbons (Fsp3) is 0.471. The van der Waals surface area contributed by atoms with Crippen molar-refractivity contribution in [3.8, 4) is 11.3 Å². The number of aromatic nitrogens is 6. The molecule has 10 heteroatoms. The molecule has 142 valence electrons. The fourth-order valence-electron chi connectivity index (χ4n) is 3.08. The number of morpholine rings is 1. The van der Waals surface area contributed by atoms with Crippen molar-refractivity contribution in [1.29, 1.82) is 0 Å². The molecular formula is C17H21BrN8O. The van der Waals surface area contributed by atoms with Crippen molar-refractivity contribution >= 4 is 39.0 Å². The summed E-state index contributed by atoms with van der Waals surface area (Å²) < 4.78 is 8.30. The summed E-state index contributed by atoms with van der Waals surface area (Å²) in [6.45, 7) is 7.12. The highest BCUT2D eigenvalue weighted by molar-refractivity contribution is 9.10. The number of hydrogen-bond donors (Lipinski definition) is 1. The molecule has 2 N–H and O–H groups in total. The standard InChI is InChI=1S/C17H21BrN8O/c1-3-10(2)26-14-13(22-15(26)18)12(11-8-20-16(19)21-9-11)23-17(24-14)25-4-6-27-7-5-25/h8-10H,3-7H2,1-2H3,(H2,19,20,21). The van der Waals surface area contributed by atoms with Gasteiger partial charge in [0.1, 0.15) is 11.2 Å². The first kappa shape index (κ1) is 18.1. The number of hydrogen-bond acceptors (Lipinski definition) is 8. The summed E-state index contributed by atoms with van der Waals surface area (Å²) in [5.41, 5.74) is 8.61. The Morgan fingerprint density at radius 2 is 1.89 bits per heavy atom. The Bertz CT molecular complexity index is 952. The van der Waals surface area contributed by atoms with Crippen molar-refractivity contribution in [1.82, 2.24) is 29.5 Å². The first-order valence-corrected chi connectivity index (χ1v) is 9.73. The van der Waals surface area contributed by atoms with Gasteiger partial charge in [0.2, 0.25) is 11.9 Å². The van der Waals surface area contributed by atoms with Gasteiger partial charge < -0.3 is 19.9 Å². The highest BCUT2D eigenvalue weighted by atomic mass is 79.9. The van der Waals surface area contributed by atoms with E-state index in [0.717, 1.165) is 35.5 Å². The Balaban J connectivity index is 1.95. The second-order valence-electron chi connectivity index (χ2n) is 6.48. The Morgan fingerprint density at radius 1 is 1.19 bits per heavy atom. The fourth-order valence-corrected chi connectivity index (χ4v) is 3.77. The monoisotopic (exact) mass is 432 g/mol. The highest BCUT2D eigenvalue weighted by Crippen LogP contribution is 2.32. The van der Waals surface area contributed by atoms with E-state index in [2.05, 4.69) is 49.2 Å². The second kappa shape index (κ2) is 7.35. The van der Waals surface area contributed by atoms with Crippen LogP contribution in [-0.4, -0.2) is 55.8 Å². The summed E-state index contributed by atoms with van der Waals surface area (Å²) in [4.78, 5) is 24.7. The first-order valence-electron chi connectivity index (χ1n) is 8.94. The third-order valence-electron chi connectivity index (χ3n) is 4.76. The van der Waals surface area contributed by atoms with Crippen LogP contribution in [0.2, 0.25) is 0 Å². The maximum atomic E-state index is 5.65. The minimum atomic E-state index is 0.226. The van der Waals surface area contributed by atoms with Crippen molar-refractivity contribution in [2.45, 2.75) is 26.3 Å². The lowest BCUT2D eigenvalue weighted by Crippen LogP contribution is -2.37. The van der Waals surface area contributed by atoms with Gasteiger partial charge in [-0.1, -0.05) is 6.92 Å². The summed E-state index contributed by atoms with van der Waals surface area (Å²) >= 11 is 3.59. The molecule has 1 atom stereocenters. The summed E-state index contributed by atoms with van der Waals surface area (Å²) in [5, 5.41) is 0. The molecule has 3 aromatic rings. The molecule has 0 amide bonds. The van der Waals surface area contributed by atoms with Gasteiger partial charge in [0.15, 0.2) is 10.4 Å². The molecule has 1 aliphatic rings. The van der Waals surface area contributed by atoms with Gasteiger partial charge in [0.25, 0.3) is 0 Å². The molecular weight excluding hydrogens is 412 g/mol. The minimum absolute atomic E-state index is 0.226. The zero-order chi connectivity index (χ0) is 19.0. The number of imidazole rings is 1. The van der Waals surface area contributed by atoms with Gasteiger partial charge in [0.05, 0.1) is 13.2 Å². The Hall–Kier alpha value is -2.33. The van der Waals surface area contributed by atoms with Crippen molar-refractivity contribution < 1.29 is 4.74 Å². The lowest BCUT2D eigenvalue weighted by atomic mass is 10.2. The van der Waals surface area contributed by atoms with Crippen LogP contribution < -0.4 is 10.6 Å². The number of nitrogens with two attached hydrogens (primary N) is 1. The quantitative estimate of drug-likeness (QED) is 0.626. The van der Waals surface area contributed by atoms with Gasteiger partial charge in [-0.2, -0.15) is 4.98 Å². The molecule has 4 heterocycles. The van der Waals surface area contributed by atoms with Crippen LogP contribution in [0.4, 0.5) is 11.9 Å². The highest BCUT2D eigenvalue weighted by Gasteiger charge is 2.23. The lowest BCUT2D eigenvalue weighted by Gasteiger charge is -2.27. The van der Waals surface area contributed by atoms with E-state index in [1.807, 2.05) is 0 Å². The van der Waals surface area contributed by atoms with Crippen LogP contribution in [0.15, 0.2) is 17.1 Å². The maximum Gasteiger partial charge on any atom is 0.228 e. The smallest absolute Gasteiger partial charge is 0.228 e. The molecule has 3 aromatic heterocycles. The average molecular weight is 433 g/mol. The summed E-state index contributed by atoms with van der Waals surface area (Å²) in [6.07, 6.45) is 4.30. The van der Waals surface area contributed by atoms with Crippen LogP contribution in [0.1, 0.15) is 26.3 Å². The Morgan fingerprint density at radius 3 is 2.56 bits per heavy atom. The number of nitrogens with zero attached hydrogens (tertiary/aromatic N) is 7. The van der Waals surface area contributed by atoms with Crippen LogP contribution in [0.25, 0.3) is 22.4 Å². The molecule has 1 aliphatic heterocycles. The molecule has 1 fully saturated rings. The maximum absolute atomic E-state index is 5.65. The summed E-state index contributed by atoms with van der Waals surface area (Å²) in [6, 6.07) is 0.243. The minimum Gasteiger partial charge on any atom is -0.378 e. The van der Waals surface area contributed by atoms with Gasteiger partial charge in [-0.05, 0) is 29.3 Å². The molecule has 0 saturated carbocycles. The van der Waals surface area contributed by atoms with Crippen LogP contribution >= 0.6 is 15.9 Å². The van der Waals surface area contributed by atoms with E-state index < -0.39 is 0 Å². The van der Waals surface area contributed by atoms with E-state index in [-0.39, 0.29) is 12.0 Å². The second-order valence-corrected chi connectivity index (χ2v) is 7.19. The van der Waals surface area contributed by atoms with Crippen molar-refractivity contribution in [2.75, 3.05) is 36.9 Å². The van der Waals surface area contributed by atoms with E-state index >= 15 is 0 Å². The first-order chi connectivity index (χ1) is 13.1. The van der Waals surface area contributed by atoms with Crippen molar-refractivity contribution in [2.24, 2.45) is 0 Å². The van der Waals surface area contributed by atoms with Crippen molar-refractivity contribution in [3.63, 3.8) is 0 Å². The molecule has 0 spiro atoms. The van der Waals surface area contributed by atoms with Gasteiger partial charge in [0, 0.05) is 37.1 Å². The zero-order valence-electron chi connectivity index (χ0n) is 15.3. The molecule has 0 bridgehead atoms. The molecule has 0 aromatic carbocycles. The number of anilines is 2. The Labute approximate surface area is 165 Å². The summed E-state index contributed by atoms with van der Waals surface area (Å²) in [5.74, 6) is 0.887. The molecule has 9 nitrogen and oxygen atoms in total. The van der Waals surface area contributed by atoms with E-state index in [0.29, 0.717) is 30.4 Å². The summed E-state index contributed by atoms with van der Waals surface area (Å²) in [7, 11) is 0. The lowest BCUT2D eigenvalue weighted by molar-refractivity contribution is 0.122. The molecule has 1 saturated heterocycles. The van der Waals surface area contributed by atoms with E-state index in [1.54, 1.807) is 12.4 Å². The van der Waals surface area contributed by atoms with Gasteiger partial charge in [-0.25, -0.2) is 19.9 Å². The number of ether oxygens (including phenoxy) is 1. The SMILES string of the molecule is CCC(C)n1c(Br)nc2c(-c3cnc(N)nc3)nc(N3CCOCC3)nc21. The topological polar surface area (TPSA) is 108 Å². The van der Waals surface area contributed by atoms with Crippen LogP contribution in [0, 0.1) is 0 Å². The Kier molecular flexibility index (Phi) is 4.92. The zero-order valence-corrected chi connectivity index (χ0v) is 16.8. The van der Waals surface area contributed by atoms with Crippen LogP contribution in [-0.2, 0) is 4.74 Å². The number of rotatable bonds is 4. The van der Waals surface area contributed by atoms with Crippen LogP contribution in [0.5, 0.6) is 0 Å². The predicted octanol–water partition coefficient (Wildman–Crippen LogP) is 2.44. The van der Waals surface area contributed by atoms with E-state index in [9.17, 15) is 0 Å². The van der Waals surface area contributed by atoms with Gasteiger partial charge >= 0.3 is 0 Å². The number of halogens is 1. The number of nitrogen functional groups attached to an aromatic ring is 1. The molecule has 0 aliphatic carbocycles. The average Bonchev–Trinajstić information content (AvgIpc) is 3.04.